The van der Waals surface area contributed by atoms with Crippen LogP contribution in [0, 0.1) is 0 Å². The molecule has 2 heterocycles. The van der Waals surface area contributed by atoms with Crippen LogP contribution in [0.3, 0.4) is 0 Å². The van der Waals surface area contributed by atoms with Gasteiger partial charge in [0.25, 0.3) is 5.92 Å². The van der Waals surface area contributed by atoms with Crippen LogP contribution in [-0.4, -0.2) is 54.3 Å². The summed E-state index contributed by atoms with van der Waals surface area (Å²) in [6.07, 6.45) is -1.09. The number of benzene rings is 2. The maximum atomic E-state index is 13.4. The van der Waals surface area contributed by atoms with Crippen LogP contribution in [0.2, 0.25) is 5.02 Å². The zero-order valence-electron chi connectivity index (χ0n) is 16.8. The summed E-state index contributed by atoms with van der Waals surface area (Å²) in [6.45, 7) is -0.345. The third kappa shape index (κ3) is 5.11. The van der Waals surface area contributed by atoms with Crippen LogP contribution in [-0.2, 0) is 10.2 Å². The number of hydrogen-bond acceptors (Lipinski definition) is 3. The molecule has 0 aliphatic carbocycles. The Morgan fingerprint density at radius 3 is 2.31 bits per heavy atom. The van der Waals surface area contributed by atoms with Gasteiger partial charge in [0.15, 0.2) is 0 Å². The molecule has 0 radical (unpaired) electrons. The lowest BCUT2D eigenvalue weighted by atomic mass is 9.91. The van der Waals surface area contributed by atoms with Crippen LogP contribution in [0.4, 0.5) is 8.78 Å². The van der Waals surface area contributed by atoms with Gasteiger partial charge in [0, 0.05) is 36.9 Å². The van der Waals surface area contributed by atoms with E-state index in [2.05, 4.69) is 9.50 Å². The molecule has 2 aromatic carbocycles. The number of piperidine rings is 1. The zero-order chi connectivity index (χ0) is 22.9. The molecule has 11 heteroatoms. The van der Waals surface area contributed by atoms with Crippen LogP contribution in [0.1, 0.15) is 29.9 Å². The minimum Gasteiger partial charge on any atom is -0.236 e. The van der Waals surface area contributed by atoms with Gasteiger partial charge in [0.1, 0.15) is 0 Å². The summed E-state index contributed by atoms with van der Waals surface area (Å²) in [5.74, 6) is -3.05. The molecule has 1 saturated heterocycles. The predicted molar refractivity (Wildman–Crippen MR) is 122 cm³/mol. The summed E-state index contributed by atoms with van der Waals surface area (Å²) >= 11 is 12.3. The van der Waals surface area contributed by atoms with Crippen LogP contribution in [0.5, 0.6) is 0 Å². The average molecular weight is 501 g/mol. The van der Waals surface area contributed by atoms with Crippen LogP contribution in [0.25, 0.3) is 0 Å². The highest BCUT2D eigenvalue weighted by Crippen LogP contribution is 2.31. The standard InChI is InChI=1S/C21H20Cl2F2N4O2S/c22-17-8-6-16(7-9-17)19-18(15-4-2-1-3-5-15)14-29(26-19)20(23)27-32(30,31)28-12-10-21(24,25)11-13-28/h1-9,18H,10-14H2. The van der Waals surface area contributed by atoms with Gasteiger partial charge in [-0.15, -0.1) is 4.40 Å². The Morgan fingerprint density at radius 1 is 1.06 bits per heavy atom. The highest BCUT2D eigenvalue weighted by Gasteiger charge is 2.39. The van der Waals surface area contributed by atoms with Gasteiger partial charge in [-0.3, -0.25) is 0 Å². The number of rotatable bonds is 4. The largest absolute Gasteiger partial charge is 0.325 e. The minimum absolute atomic E-state index is 0.183. The van der Waals surface area contributed by atoms with Gasteiger partial charge in [0.2, 0.25) is 5.29 Å². The molecule has 0 bridgehead atoms. The van der Waals surface area contributed by atoms with Crippen LogP contribution >= 0.6 is 23.2 Å². The summed E-state index contributed by atoms with van der Waals surface area (Å²) in [4.78, 5) is 0. The first-order valence-corrected chi connectivity index (χ1v) is 12.1. The Morgan fingerprint density at radius 2 is 1.69 bits per heavy atom. The molecule has 6 nitrogen and oxygen atoms in total. The highest BCUT2D eigenvalue weighted by atomic mass is 35.5. The van der Waals surface area contributed by atoms with Gasteiger partial charge < -0.3 is 0 Å². The van der Waals surface area contributed by atoms with E-state index in [4.69, 9.17) is 23.2 Å². The molecule has 2 aliphatic heterocycles. The number of hydrazone groups is 1. The van der Waals surface area contributed by atoms with Crippen molar-refractivity contribution in [3.05, 3.63) is 70.7 Å². The quantitative estimate of drug-likeness (QED) is 0.346. The predicted octanol–water partition coefficient (Wildman–Crippen LogP) is 4.71. The van der Waals surface area contributed by atoms with E-state index in [1.165, 1.54) is 5.01 Å². The molecule has 1 fully saturated rings. The van der Waals surface area contributed by atoms with E-state index in [0.717, 1.165) is 15.4 Å². The van der Waals surface area contributed by atoms with E-state index < -0.39 is 29.0 Å². The van der Waals surface area contributed by atoms with E-state index in [0.29, 0.717) is 10.7 Å². The topological polar surface area (TPSA) is 65.3 Å². The number of alkyl halides is 2. The number of hydrogen-bond donors (Lipinski definition) is 0. The monoisotopic (exact) mass is 500 g/mol. The van der Waals surface area contributed by atoms with Gasteiger partial charge in [-0.1, -0.05) is 54.1 Å². The number of halogens is 4. The first kappa shape index (κ1) is 23.1. The Hall–Kier alpha value is -2.07. The molecule has 4 rings (SSSR count). The SMILES string of the molecule is O=S(=O)(N=C(Cl)N1CC(c2ccccc2)C(c2ccc(Cl)cc2)=N1)N1CCC(F)(F)CC1. The highest BCUT2D eigenvalue weighted by molar-refractivity contribution is 7.88. The fraction of sp³-hybridized carbons (Fsp3) is 0.333. The fourth-order valence-corrected chi connectivity index (χ4v) is 5.23. The summed E-state index contributed by atoms with van der Waals surface area (Å²) in [5, 5.41) is 6.10. The van der Waals surface area contributed by atoms with Crippen molar-refractivity contribution >= 4 is 44.4 Å². The Balaban J connectivity index is 1.62. The molecule has 0 aromatic heterocycles. The molecule has 0 N–H and O–H groups in total. The average Bonchev–Trinajstić information content (AvgIpc) is 3.20. The van der Waals surface area contributed by atoms with E-state index >= 15 is 0 Å². The summed E-state index contributed by atoms with van der Waals surface area (Å²) in [6, 6.07) is 16.8. The molecule has 1 atom stereocenters. The lowest BCUT2D eigenvalue weighted by Gasteiger charge is -2.29. The maximum absolute atomic E-state index is 13.4. The van der Waals surface area contributed by atoms with Crippen molar-refractivity contribution in [1.82, 2.24) is 9.31 Å². The molecular formula is C21H20Cl2F2N4O2S. The van der Waals surface area contributed by atoms with Crippen molar-refractivity contribution < 1.29 is 17.2 Å². The molecule has 1 unspecified atom stereocenters. The zero-order valence-corrected chi connectivity index (χ0v) is 19.2. The number of nitrogens with zero attached hydrogens (tertiary/aromatic N) is 4. The van der Waals surface area contributed by atoms with Gasteiger partial charge in [-0.05, 0) is 34.9 Å². The van der Waals surface area contributed by atoms with Crippen molar-refractivity contribution in [3.8, 4) is 0 Å². The first-order chi connectivity index (χ1) is 15.1. The van der Waals surface area contributed by atoms with E-state index in [-0.39, 0.29) is 30.8 Å². The molecule has 0 spiro atoms. The normalized spacial score (nSPS) is 22.1. The Labute approximate surface area is 195 Å². The Bertz CT molecular complexity index is 1130. The summed E-state index contributed by atoms with van der Waals surface area (Å²) < 4.78 is 56.6. The molecule has 170 valence electrons. The molecule has 0 amide bonds. The molecule has 2 aromatic rings. The molecule has 0 saturated carbocycles. The van der Waals surface area contributed by atoms with Gasteiger partial charge in [-0.2, -0.15) is 17.8 Å². The van der Waals surface area contributed by atoms with Crippen molar-refractivity contribution in [3.63, 3.8) is 0 Å². The second-order valence-electron chi connectivity index (χ2n) is 7.63. The number of amidine groups is 1. The van der Waals surface area contributed by atoms with E-state index in [1.54, 1.807) is 12.1 Å². The minimum atomic E-state index is -4.21. The molecule has 2 aliphatic rings. The van der Waals surface area contributed by atoms with Crippen molar-refractivity contribution in [2.24, 2.45) is 9.50 Å². The first-order valence-electron chi connectivity index (χ1n) is 9.95. The summed E-state index contributed by atoms with van der Waals surface area (Å²) in [5.41, 5.74) is 2.49. The van der Waals surface area contributed by atoms with Gasteiger partial charge in [-0.25, -0.2) is 13.8 Å². The molecule has 32 heavy (non-hydrogen) atoms. The van der Waals surface area contributed by atoms with Crippen molar-refractivity contribution in [2.75, 3.05) is 19.6 Å². The van der Waals surface area contributed by atoms with Gasteiger partial charge in [0.05, 0.1) is 12.3 Å². The molecular weight excluding hydrogens is 481 g/mol. The van der Waals surface area contributed by atoms with E-state index in [9.17, 15) is 17.2 Å². The lowest BCUT2D eigenvalue weighted by molar-refractivity contribution is -0.0411. The Kier molecular flexibility index (Phi) is 6.53. The lowest BCUT2D eigenvalue weighted by Crippen LogP contribution is -2.42. The van der Waals surface area contributed by atoms with Crippen LogP contribution < -0.4 is 0 Å². The fourth-order valence-electron chi connectivity index (χ4n) is 3.69. The van der Waals surface area contributed by atoms with E-state index in [1.807, 2.05) is 42.5 Å². The van der Waals surface area contributed by atoms with Crippen molar-refractivity contribution in [2.45, 2.75) is 24.7 Å². The third-order valence-corrected chi connectivity index (χ3v) is 7.49. The van der Waals surface area contributed by atoms with Gasteiger partial charge >= 0.3 is 10.2 Å². The van der Waals surface area contributed by atoms with Crippen LogP contribution in [0.15, 0.2) is 64.1 Å². The van der Waals surface area contributed by atoms with Crippen molar-refractivity contribution in [1.29, 1.82) is 0 Å². The second-order valence-corrected chi connectivity index (χ2v) is 10.00. The smallest absolute Gasteiger partial charge is 0.236 e. The second kappa shape index (κ2) is 9.05. The summed E-state index contributed by atoms with van der Waals surface area (Å²) in [7, 11) is -4.21. The maximum Gasteiger partial charge on any atom is 0.325 e. The third-order valence-electron chi connectivity index (χ3n) is 5.44.